The molecule has 2 aliphatic rings. The van der Waals surface area contributed by atoms with Crippen LogP contribution < -0.4 is 5.32 Å². The van der Waals surface area contributed by atoms with Crippen molar-refractivity contribution in [2.45, 2.75) is 57.1 Å². The first-order valence-corrected chi connectivity index (χ1v) is 11.4. The maximum Gasteiger partial charge on any atom is 0.341 e. The van der Waals surface area contributed by atoms with E-state index in [0.717, 1.165) is 37.7 Å². The number of thiophene rings is 1. The Bertz CT molecular complexity index is 888. The molecule has 0 spiro atoms. The second-order valence-electron chi connectivity index (χ2n) is 7.29. The second-order valence-corrected chi connectivity index (χ2v) is 9.33. The summed E-state index contributed by atoms with van der Waals surface area (Å²) in [6, 6.07) is 0. The number of fused-ring (bicyclic) bond motifs is 1. The van der Waals surface area contributed by atoms with Gasteiger partial charge in [-0.25, -0.2) is 4.79 Å². The van der Waals surface area contributed by atoms with Crippen LogP contribution in [-0.4, -0.2) is 34.4 Å². The highest BCUT2D eigenvalue weighted by atomic mass is 32.2. The number of esters is 1. The van der Waals surface area contributed by atoms with Gasteiger partial charge in [0.05, 0.1) is 17.9 Å². The number of hydrogen-bond donors (Lipinski definition) is 1. The van der Waals surface area contributed by atoms with E-state index in [4.69, 9.17) is 9.15 Å². The lowest BCUT2D eigenvalue weighted by Crippen LogP contribution is -2.17. The van der Waals surface area contributed by atoms with Crippen molar-refractivity contribution >= 4 is 40.0 Å². The van der Waals surface area contributed by atoms with Crippen LogP contribution in [-0.2, 0) is 22.4 Å². The number of aromatic nitrogens is 2. The first-order chi connectivity index (χ1) is 13.5. The maximum absolute atomic E-state index is 12.5. The summed E-state index contributed by atoms with van der Waals surface area (Å²) in [6.07, 6.45) is 5.00. The zero-order valence-electron chi connectivity index (χ0n) is 15.9. The summed E-state index contributed by atoms with van der Waals surface area (Å²) in [7, 11) is 0. The van der Waals surface area contributed by atoms with E-state index in [1.807, 2.05) is 0 Å². The van der Waals surface area contributed by atoms with Crippen LogP contribution in [0, 0.1) is 5.92 Å². The Labute approximate surface area is 171 Å². The second kappa shape index (κ2) is 8.24. The fraction of sp³-hybridized carbons (Fsp3) is 0.579. The molecule has 0 aromatic carbocycles. The molecule has 0 aliphatic heterocycles. The third-order valence-electron chi connectivity index (χ3n) is 4.92. The number of thioether (sulfide) groups is 1. The summed E-state index contributed by atoms with van der Waals surface area (Å²) in [5, 5.41) is 11.9. The monoisotopic (exact) mass is 421 g/mol. The zero-order valence-corrected chi connectivity index (χ0v) is 17.6. The number of ether oxygens (including phenoxy) is 1. The Balaban J connectivity index is 1.44. The van der Waals surface area contributed by atoms with Crippen molar-refractivity contribution in [1.82, 2.24) is 10.2 Å². The predicted octanol–water partition coefficient (Wildman–Crippen LogP) is 4.04. The maximum atomic E-state index is 12.5. The van der Waals surface area contributed by atoms with Crippen LogP contribution in [0.2, 0.25) is 0 Å². The molecule has 150 valence electrons. The quantitative estimate of drug-likeness (QED) is 0.532. The van der Waals surface area contributed by atoms with E-state index in [2.05, 4.69) is 22.4 Å². The van der Waals surface area contributed by atoms with Crippen LogP contribution in [0.25, 0.3) is 0 Å². The van der Waals surface area contributed by atoms with Gasteiger partial charge in [-0.05, 0) is 50.5 Å². The number of nitrogens with zero attached hydrogens (tertiary/aromatic N) is 2. The molecule has 28 heavy (non-hydrogen) atoms. The van der Waals surface area contributed by atoms with Gasteiger partial charge in [0, 0.05) is 10.8 Å². The molecule has 7 nitrogen and oxygen atoms in total. The van der Waals surface area contributed by atoms with E-state index in [9.17, 15) is 9.59 Å². The summed E-state index contributed by atoms with van der Waals surface area (Å²) in [5.74, 6) is 1.22. The number of amides is 1. The fourth-order valence-corrected chi connectivity index (χ4v) is 5.31. The standard InChI is InChI=1S/C19H23N3O4S2/c1-3-25-18(24)15-12-7-4-10(2)8-13(12)28-17(15)20-14(23)9-27-19-22-21-16(26-19)11-5-6-11/h10-11H,3-9H2,1-2H3,(H,20,23)/t10-/m0/s1. The number of rotatable bonds is 7. The third kappa shape index (κ3) is 4.25. The largest absolute Gasteiger partial charge is 0.462 e. The van der Waals surface area contributed by atoms with Gasteiger partial charge < -0.3 is 14.5 Å². The van der Waals surface area contributed by atoms with E-state index < -0.39 is 0 Å². The minimum Gasteiger partial charge on any atom is -0.462 e. The highest BCUT2D eigenvalue weighted by Crippen LogP contribution is 2.41. The molecule has 1 amide bonds. The SMILES string of the molecule is CCOC(=O)c1c(NC(=O)CSc2nnc(C3CC3)o2)sc2c1CC[C@H](C)C2. The van der Waals surface area contributed by atoms with Gasteiger partial charge in [-0.1, -0.05) is 18.7 Å². The molecule has 0 radical (unpaired) electrons. The predicted molar refractivity (Wildman–Crippen MR) is 107 cm³/mol. The number of anilines is 1. The lowest BCUT2D eigenvalue weighted by atomic mass is 9.88. The van der Waals surface area contributed by atoms with E-state index in [1.54, 1.807) is 6.92 Å². The van der Waals surface area contributed by atoms with Crippen LogP contribution in [0.3, 0.4) is 0 Å². The summed E-state index contributed by atoms with van der Waals surface area (Å²) in [6.45, 7) is 4.31. The molecular formula is C19H23N3O4S2. The molecule has 1 N–H and O–H groups in total. The third-order valence-corrected chi connectivity index (χ3v) is 6.91. The highest BCUT2D eigenvalue weighted by Gasteiger charge is 2.30. The van der Waals surface area contributed by atoms with Crippen LogP contribution in [0.15, 0.2) is 9.64 Å². The number of carbonyl (C=O) groups is 2. The minimum absolute atomic E-state index is 0.146. The number of hydrogen-bond acceptors (Lipinski definition) is 8. The normalized spacial score (nSPS) is 18.6. The molecule has 1 saturated carbocycles. The van der Waals surface area contributed by atoms with Crippen molar-refractivity contribution in [3.05, 3.63) is 21.9 Å². The Hall–Kier alpha value is -1.87. The summed E-state index contributed by atoms with van der Waals surface area (Å²) >= 11 is 2.70. The average Bonchev–Trinajstić information content (AvgIpc) is 3.29. The van der Waals surface area contributed by atoms with E-state index >= 15 is 0 Å². The molecule has 0 bridgehead atoms. The Morgan fingerprint density at radius 1 is 1.32 bits per heavy atom. The van der Waals surface area contributed by atoms with Crippen LogP contribution >= 0.6 is 23.1 Å². The molecule has 9 heteroatoms. The van der Waals surface area contributed by atoms with Gasteiger partial charge in [-0.2, -0.15) is 0 Å². The molecule has 1 fully saturated rings. The van der Waals surface area contributed by atoms with E-state index in [0.29, 0.717) is 40.1 Å². The summed E-state index contributed by atoms with van der Waals surface area (Å²) in [5.41, 5.74) is 1.57. The molecule has 0 saturated heterocycles. The molecule has 4 rings (SSSR count). The molecule has 2 heterocycles. The van der Waals surface area contributed by atoms with Crippen LogP contribution in [0.5, 0.6) is 0 Å². The molecule has 2 aromatic rings. The van der Waals surface area contributed by atoms with Gasteiger partial charge in [0.2, 0.25) is 11.8 Å². The minimum atomic E-state index is -0.358. The fourth-order valence-electron chi connectivity index (χ4n) is 3.32. The lowest BCUT2D eigenvalue weighted by molar-refractivity contribution is -0.113. The molecule has 1 atom stereocenters. The van der Waals surface area contributed by atoms with Gasteiger partial charge in [-0.15, -0.1) is 21.5 Å². The topological polar surface area (TPSA) is 94.3 Å². The Morgan fingerprint density at radius 2 is 2.14 bits per heavy atom. The smallest absolute Gasteiger partial charge is 0.341 e. The summed E-state index contributed by atoms with van der Waals surface area (Å²) < 4.78 is 10.8. The molecule has 2 aromatic heterocycles. The highest BCUT2D eigenvalue weighted by molar-refractivity contribution is 7.99. The van der Waals surface area contributed by atoms with Gasteiger partial charge in [-0.3, -0.25) is 4.79 Å². The lowest BCUT2D eigenvalue weighted by Gasteiger charge is -2.18. The van der Waals surface area contributed by atoms with Gasteiger partial charge in [0.25, 0.3) is 5.22 Å². The number of nitrogens with one attached hydrogen (secondary N) is 1. The van der Waals surface area contributed by atoms with Crippen molar-refractivity contribution in [2.75, 3.05) is 17.7 Å². The van der Waals surface area contributed by atoms with Crippen LogP contribution in [0.1, 0.15) is 65.7 Å². The van der Waals surface area contributed by atoms with Gasteiger partial charge in [0.1, 0.15) is 5.00 Å². The van der Waals surface area contributed by atoms with Crippen molar-refractivity contribution in [2.24, 2.45) is 5.92 Å². The summed E-state index contributed by atoms with van der Waals surface area (Å²) in [4.78, 5) is 26.2. The van der Waals surface area contributed by atoms with Crippen LogP contribution in [0.4, 0.5) is 5.00 Å². The van der Waals surface area contributed by atoms with Gasteiger partial charge in [0.15, 0.2) is 0 Å². The molecule has 2 aliphatic carbocycles. The average molecular weight is 422 g/mol. The Kier molecular flexibility index (Phi) is 5.73. The molecule has 0 unspecified atom stereocenters. The van der Waals surface area contributed by atoms with E-state index in [-0.39, 0.29) is 17.6 Å². The van der Waals surface area contributed by atoms with Crippen molar-refractivity contribution in [3.8, 4) is 0 Å². The number of carbonyl (C=O) groups excluding carboxylic acids is 2. The first kappa shape index (κ1) is 19.4. The first-order valence-electron chi connectivity index (χ1n) is 9.62. The zero-order chi connectivity index (χ0) is 19.7. The van der Waals surface area contributed by atoms with E-state index in [1.165, 1.54) is 28.0 Å². The molecular weight excluding hydrogens is 398 g/mol. The van der Waals surface area contributed by atoms with Crippen molar-refractivity contribution < 1.29 is 18.7 Å². The van der Waals surface area contributed by atoms with Gasteiger partial charge >= 0.3 is 5.97 Å². The van der Waals surface area contributed by atoms with Crippen molar-refractivity contribution in [3.63, 3.8) is 0 Å². The van der Waals surface area contributed by atoms with Crippen molar-refractivity contribution in [1.29, 1.82) is 0 Å². The Morgan fingerprint density at radius 3 is 2.89 bits per heavy atom.